The Bertz CT molecular complexity index is 298. The Balaban J connectivity index is -0.000000960. The van der Waals surface area contributed by atoms with Crippen LogP contribution < -0.4 is 0 Å². The van der Waals surface area contributed by atoms with Gasteiger partial charge in [0.25, 0.3) is 0 Å². The van der Waals surface area contributed by atoms with Crippen LogP contribution in [0.3, 0.4) is 0 Å². The van der Waals surface area contributed by atoms with Crippen LogP contribution in [0.4, 0.5) is 0 Å². The van der Waals surface area contributed by atoms with Crippen molar-refractivity contribution in [2.75, 3.05) is 13.2 Å². The number of ether oxygens (including phenoxy) is 1. The van der Waals surface area contributed by atoms with Crippen molar-refractivity contribution in [2.45, 2.75) is 116 Å². The van der Waals surface area contributed by atoms with Crippen LogP contribution in [0.25, 0.3) is 0 Å². The first-order chi connectivity index (χ1) is 12.2. The summed E-state index contributed by atoms with van der Waals surface area (Å²) in [6.45, 7) is 1.79. The van der Waals surface area contributed by atoms with Crippen molar-refractivity contribution in [2.24, 2.45) is 0 Å². The number of carbonyl (C=O) groups is 1. The minimum Gasteiger partial charge on any atom is -1.00 e. The summed E-state index contributed by atoms with van der Waals surface area (Å²) in [6, 6.07) is 0. The summed E-state index contributed by atoms with van der Waals surface area (Å²) >= 11 is 0. The van der Waals surface area contributed by atoms with Gasteiger partial charge >= 0.3 is 29.0 Å². The molecule has 2 N–H and O–H groups in total. The third-order valence-corrected chi connectivity index (χ3v) is 4.63. The van der Waals surface area contributed by atoms with Gasteiger partial charge in [-0.3, -0.25) is 4.79 Å². The molecule has 154 valence electrons. The van der Waals surface area contributed by atoms with Crippen molar-refractivity contribution >= 4 is 29.0 Å². The van der Waals surface area contributed by atoms with Crippen molar-refractivity contribution in [1.82, 2.24) is 0 Å². The summed E-state index contributed by atoms with van der Waals surface area (Å²) in [6.07, 6.45) is 19.0. The van der Waals surface area contributed by atoms with Gasteiger partial charge in [-0.15, -0.1) is 0 Å². The van der Waals surface area contributed by atoms with Gasteiger partial charge in [0.2, 0.25) is 0 Å². The van der Waals surface area contributed by atoms with Gasteiger partial charge in [0.15, 0.2) is 0 Å². The van der Waals surface area contributed by atoms with Crippen LogP contribution >= 0.6 is 0 Å². The van der Waals surface area contributed by atoms with E-state index < -0.39 is 6.10 Å². The first-order valence-corrected chi connectivity index (χ1v) is 10.6. The fraction of sp³-hybridized carbons (Fsp3) is 0.952. The molecule has 0 bridgehead atoms. The van der Waals surface area contributed by atoms with Crippen LogP contribution in [-0.4, -0.2) is 58.6 Å². The fourth-order valence-corrected chi connectivity index (χ4v) is 2.95. The Kier molecular flexibility index (Phi) is 25.3. The first-order valence-electron chi connectivity index (χ1n) is 10.6. The van der Waals surface area contributed by atoms with Gasteiger partial charge in [0.05, 0.1) is 6.61 Å². The predicted molar refractivity (Wildman–Crippen MR) is 112 cm³/mol. The summed E-state index contributed by atoms with van der Waals surface area (Å²) in [5.74, 6) is -0.276. The molecule has 0 radical (unpaired) electrons. The first kappa shape index (κ1) is 28.4. The number of carbonyl (C=O) groups excluding carboxylic acids is 1. The monoisotopic (exact) mass is 384 g/mol. The number of esters is 1. The molecule has 5 heteroatoms. The molecule has 0 rings (SSSR count). The second kappa shape index (κ2) is 23.2. The zero-order chi connectivity index (χ0) is 18.6. The Labute approximate surface area is 180 Å². The van der Waals surface area contributed by atoms with E-state index in [0.717, 1.165) is 12.8 Å². The molecule has 0 aliphatic rings. The maximum atomic E-state index is 11.4. The molecular formula is C21H44MgO4. The van der Waals surface area contributed by atoms with E-state index >= 15 is 0 Å². The van der Waals surface area contributed by atoms with Gasteiger partial charge in [-0.25, -0.2) is 0 Å². The van der Waals surface area contributed by atoms with Crippen LogP contribution in [-0.2, 0) is 9.53 Å². The molecule has 1 atom stereocenters. The molecule has 0 fully saturated rings. The Morgan fingerprint density at radius 3 is 1.58 bits per heavy atom. The second-order valence-electron chi connectivity index (χ2n) is 7.22. The molecule has 0 aromatic carbocycles. The van der Waals surface area contributed by atoms with Crippen LogP contribution in [0.5, 0.6) is 0 Å². The zero-order valence-electron chi connectivity index (χ0n) is 19.2. The largest absolute Gasteiger partial charge is 2.00 e. The predicted octanol–water partition coefficient (Wildman–Crippen LogP) is 4.99. The quantitative estimate of drug-likeness (QED) is 0.187. The average Bonchev–Trinajstić information content (AvgIpc) is 2.62. The van der Waals surface area contributed by atoms with Crippen LogP contribution in [0.2, 0.25) is 0 Å². The van der Waals surface area contributed by atoms with E-state index in [4.69, 9.17) is 14.9 Å². The van der Waals surface area contributed by atoms with Gasteiger partial charge in [0, 0.05) is 6.42 Å². The van der Waals surface area contributed by atoms with Crippen molar-refractivity contribution < 1.29 is 22.6 Å². The molecule has 26 heavy (non-hydrogen) atoms. The van der Waals surface area contributed by atoms with E-state index in [-0.39, 0.29) is 45.1 Å². The maximum absolute atomic E-state index is 11.4. The topological polar surface area (TPSA) is 66.8 Å². The molecule has 4 nitrogen and oxygen atoms in total. The minimum atomic E-state index is -0.954. The smallest absolute Gasteiger partial charge is 1.00 e. The number of rotatable bonds is 19. The van der Waals surface area contributed by atoms with Crippen LogP contribution in [0.1, 0.15) is 113 Å². The van der Waals surface area contributed by atoms with Gasteiger partial charge in [0.1, 0.15) is 12.7 Å². The Morgan fingerprint density at radius 2 is 1.19 bits per heavy atom. The van der Waals surface area contributed by atoms with Crippen molar-refractivity contribution in [1.29, 1.82) is 0 Å². The molecule has 1 unspecified atom stereocenters. The van der Waals surface area contributed by atoms with E-state index in [9.17, 15) is 4.79 Å². The Hall–Kier alpha value is 0.156. The molecule has 0 amide bonds. The number of unbranched alkanes of at least 4 members (excludes halogenated alkanes) is 14. The molecule has 0 saturated carbocycles. The standard InChI is InChI=1S/C21H42O4.Mg.2H/c1-2-3-4-5-6-7-8-9-10-11-12-13-14-15-16-17-21(24)25-19-20(23)18-22;;;/h20,22-23H,2-19H2,1H3;;;/q;+2;2*-1. The SMILES string of the molecule is CCCCCCCCCCCCCCCCCC(=O)OCC(O)CO.[H-].[H-].[Mg+2]. The maximum Gasteiger partial charge on any atom is 2.00 e. The third-order valence-electron chi connectivity index (χ3n) is 4.63. The summed E-state index contributed by atoms with van der Waals surface area (Å²) in [5, 5.41) is 17.7. The van der Waals surface area contributed by atoms with Gasteiger partial charge in [-0.2, -0.15) is 0 Å². The molecule has 0 heterocycles. The summed E-state index contributed by atoms with van der Waals surface area (Å²) < 4.78 is 4.86. The summed E-state index contributed by atoms with van der Waals surface area (Å²) in [5.41, 5.74) is 0. The number of aliphatic hydroxyl groups excluding tert-OH is 2. The van der Waals surface area contributed by atoms with Gasteiger partial charge in [-0.05, 0) is 6.42 Å². The molecule has 0 aliphatic heterocycles. The zero-order valence-corrected chi connectivity index (χ0v) is 18.6. The van der Waals surface area contributed by atoms with Crippen molar-refractivity contribution in [3.8, 4) is 0 Å². The molecular weight excluding hydrogens is 341 g/mol. The van der Waals surface area contributed by atoms with E-state index in [1.165, 1.54) is 83.5 Å². The fourth-order valence-electron chi connectivity index (χ4n) is 2.95. The third kappa shape index (κ3) is 22.2. The van der Waals surface area contributed by atoms with Gasteiger partial charge < -0.3 is 17.8 Å². The van der Waals surface area contributed by atoms with E-state index in [2.05, 4.69) is 6.92 Å². The number of hydrogen-bond donors (Lipinski definition) is 2. The van der Waals surface area contributed by atoms with Gasteiger partial charge in [-0.1, -0.05) is 96.8 Å². The normalized spacial score (nSPS) is 11.8. The summed E-state index contributed by atoms with van der Waals surface area (Å²) in [7, 11) is 0. The van der Waals surface area contributed by atoms with Crippen LogP contribution in [0, 0.1) is 0 Å². The number of hydrogen-bond acceptors (Lipinski definition) is 4. The van der Waals surface area contributed by atoms with Crippen LogP contribution in [0.15, 0.2) is 0 Å². The van der Waals surface area contributed by atoms with Crippen molar-refractivity contribution in [3.63, 3.8) is 0 Å². The molecule has 0 aliphatic carbocycles. The molecule has 0 aromatic heterocycles. The molecule has 0 aromatic rings. The number of aliphatic hydroxyl groups is 2. The molecule has 0 spiro atoms. The average molecular weight is 385 g/mol. The molecule has 0 saturated heterocycles. The summed E-state index contributed by atoms with van der Waals surface area (Å²) in [4.78, 5) is 11.4. The minimum absolute atomic E-state index is 0. The van der Waals surface area contributed by atoms with E-state index in [1.807, 2.05) is 0 Å². The second-order valence-corrected chi connectivity index (χ2v) is 7.22. The van der Waals surface area contributed by atoms with Crippen molar-refractivity contribution in [3.05, 3.63) is 0 Å². The van der Waals surface area contributed by atoms with E-state index in [0.29, 0.717) is 6.42 Å². The van der Waals surface area contributed by atoms with E-state index in [1.54, 1.807) is 0 Å². The Morgan fingerprint density at radius 1 is 0.808 bits per heavy atom.